The summed E-state index contributed by atoms with van der Waals surface area (Å²) in [6.07, 6.45) is 3.27. The Morgan fingerprint density at radius 1 is 0.895 bits per heavy atom. The lowest BCUT2D eigenvalue weighted by molar-refractivity contribution is 0.0141. The topological polar surface area (TPSA) is 104 Å². The summed E-state index contributed by atoms with van der Waals surface area (Å²) in [6, 6.07) is 18.7. The van der Waals surface area contributed by atoms with E-state index in [0.717, 1.165) is 22.4 Å². The van der Waals surface area contributed by atoms with Gasteiger partial charge in [-0.3, -0.25) is 4.79 Å². The molecule has 9 nitrogen and oxygen atoms in total. The molecule has 1 saturated heterocycles. The molecule has 0 atom stereocenters. The maximum Gasteiger partial charge on any atom is 0.410 e. The van der Waals surface area contributed by atoms with Crippen molar-refractivity contribution in [3.05, 3.63) is 78.1 Å². The highest BCUT2D eigenvalue weighted by Crippen LogP contribution is 2.26. The second-order valence-electron chi connectivity index (χ2n) is 10.2. The van der Waals surface area contributed by atoms with Gasteiger partial charge in [-0.1, -0.05) is 24.3 Å². The number of nitriles is 1. The molecule has 0 radical (unpaired) electrons. The Morgan fingerprint density at radius 2 is 1.53 bits per heavy atom. The van der Waals surface area contributed by atoms with Crippen molar-refractivity contribution in [2.75, 3.05) is 26.2 Å². The molecule has 0 spiro atoms. The minimum absolute atomic E-state index is 0.0670. The van der Waals surface area contributed by atoms with E-state index >= 15 is 0 Å². The van der Waals surface area contributed by atoms with Crippen molar-refractivity contribution in [1.29, 1.82) is 5.26 Å². The molecule has 1 aliphatic heterocycles. The average molecular weight is 509 g/mol. The normalized spacial score (nSPS) is 13.8. The van der Waals surface area contributed by atoms with Crippen molar-refractivity contribution in [2.24, 2.45) is 0 Å². The van der Waals surface area contributed by atoms with Crippen LogP contribution in [0, 0.1) is 11.3 Å². The molecule has 9 heteroatoms. The number of hydrogen-bond donors (Lipinski definition) is 0. The smallest absolute Gasteiger partial charge is 0.410 e. The minimum atomic E-state index is -0.547. The SMILES string of the molecule is CC(C)(C)OC(=O)N1CCN(C(=O)c2ccc(-c3ccn4ncc(-c5ccc(C#N)cc5)c4n3)cc2)CC1. The number of carbonyl (C=O) groups excluding carboxylic acids is 2. The predicted octanol–water partition coefficient (Wildman–Crippen LogP) is 4.63. The number of benzene rings is 2. The van der Waals surface area contributed by atoms with Crippen LogP contribution >= 0.6 is 0 Å². The molecular weight excluding hydrogens is 480 g/mol. The molecule has 0 saturated carbocycles. The number of carbonyl (C=O) groups is 2. The van der Waals surface area contributed by atoms with Crippen LogP contribution in [0.4, 0.5) is 4.79 Å². The lowest BCUT2D eigenvalue weighted by Gasteiger charge is -2.35. The molecule has 192 valence electrons. The average Bonchev–Trinajstić information content (AvgIpc) is 3.35. The van der Waals surface area contributed by atoms with Gasteiger partial charge >= 0.3 is 6.09 Å². The number of nitrogens with zero attached hydrogens (tertiary/aromatic N) is 6. The first-order valence-electron chi connectivity index (χ1n) is 12.4. The van der Waals surface area contributed by atoms with Crippen LogP contribution in [0.15, 0.2) is 67.0 Å². The van der Waals surface area contributed by atoms with Crippen molar-refractivity contribution >= 4 is 17.6 Å². The van der Waals surface area contributed by atoms with E-state index in [-0.39, 0.29) is 12.0 Å². The largest absolute Gasteiger partial charge is 0.444 e. The summed E-state index contributed by atoms with van der Waals surface area (Å²) in [6.45, 7) is 7.31. The van der Waals surface area contributed by atoms with E-state index in [9.17, 15) is 9.59 Å². The lowest BCUT2D eigenvalue weighted by atomic mass is 10.1. The summed E-state index contributed by atoms with van der Waals surface area (Å²) in [4.78, 5) is 33.6. The van der Waals surface area contributed by atoms with E-state index < -0.39 is 5.60 Å². The minimum Gasteiger partial charge on any atom is -0.444 e. The second-order valence-corrected chi connectivity index (χ2v) is 10.2. The maximum absolute atomic E-state index is 13.1. The molecule has 0 unspecified atom stereocenters. The van der Waals surface area contributed by atoms with Crippen LogP contribution in [0.1, 0.15) is 36.7 Å². The van der Waals surface area contributed by atoms with Crippen LogP contribution in [0.3, 0.4) is 0 Å². The molecule has 3 heterocycles. The van der Waals surface area contributed by atoms with Crippen molar-refractivity contribution in [1.82, 2.24) is 24.4 Å². The van der Waals surface area contributed by atoms with Crippen LogP contribution in [0.25, 0.3) is 28.0 Å². The number of rotatable bonds is 3. The molecule has 1 fully saturated rings. The summed E-state index contributed by atoms with van der Waals surface area (Å²) in [5.41, 5.74) is 4.78. The van der Waals surface area contributed by atoms with Gasteiger partial charge in [0.2, 0.25) is 0 Å². The number of fused-ring (bicyclic) bond motifs is 1. The summed E-state index contributed by atoms with van der Waals surface area (Å²) in [5, 5.41) is 13.5. The summed E-state index contributed by atoms with van der Waals surface area (Å²) in [5.74, 6) is -0.0670. The van der Waals surface area contributed by atoms with Gasteiger partial charge in [-0.2, -0.15) is 10.4 Å². The fourth-order valence-electron chi connectivity index (χ4n) is 4.34. The van der Waals surface area contributed by atoms with Gasteiger partial charge in [0.15, 0.2) is 5.65 Å². The van der Waals surface area contributed by atoms with Gasteiger partial charge < -0.3 is 14.5 Å². The highest BCUT2D eigenvalue weighted by Gasteiger charge is 2.28. The number of piperazine rings is 1. The van der Waals surface area contributed by atoms with Gasteiger partial charge in [-0.05, 0) is 56.7 Å². The first-order chi connectivity index (χ1) is 18.2. The number of ether oxygens (including phenoxy) is 1. The number of hydrogen-bond acceptors (Lipinski definition) is 6. The van der Waals surface area contributed by atoms with Crippen LogP contribution in [0.5, 0.6) is 0 Å². The summed E-state index contributed by atoms with van der Waals surface area (Å²) >= 11 is 0. The molecular formula is C29H28N6O3. The molecule has 2 aromatic heterocycles. The van der Waals surface area contributed by atoms with Gasteiger partial charge in [-0.25, -0.2) is 14.3 Å². The van der Waals surface area contributed by atoms with Gasteiger partial charge in [-0.15, -0.1) is 0 Å². The Morgan fingerprint density at radius 3 is 2.16 bits per heavy atom. The highest BCUT2D eigenvalue weighted by molar-refractivity contribution is 5.95. The van der Waals surface area contributed by atoms with Gasteiger partial charge in [0.25, 0.3) is 5.91 Å². The van der Waals surface area contributed by atoms with Crippen molar-refractivity contribution in [3.8, 4) is 28.5 Å². The van der Waals surface area contributed by atoms with Crippen molar-refractivity contribution in [2.45, 2.75) is 26.4 Å². The fraction of sp³-hybridized carbons (Fsp3) is 0.276. The number of amides is 2. The van der Waals surface area contributed by atoms with E-state index in [1.807, 2.05) is 69.4 Å². The van der Waals surface area contributed by atoms with Gasteiger partial charge in [0.1, 0.15) is 5.60 Å². The first-order valence-corrected chi connectivity index (χ1v) is 12.4. The first kappa shape index (κ1) is 25.0. The predicted molar refractivity (Wildman–Crippen MR) is 142 cm³/mol. The third-order valence-corrected chi connectivity index (χ3v) is 6.34. The second kappa shape index (κ2) is 9.98. The Bertz CT molecular complexity index is 1520. The van der Waals surface area contributed by atoms with E-state index in [1.165, 1.54) is 0 Å². The monoisotopic (exact) mass is 508 g/mol. The molecule has 5 rings (SSSR count). The zero-order chi connectivity index (χ0) is 26.9. The van der Waals surface area contributed by atoms with E-state index in [4.69, 9.17) is 15.0 Å². The van der Waals surface area contributed by atoms with Crippen LogP contribution in [-0.2, 0) is 4.74 Å². The molecule has 0 N–H and O–H groups in total. The van der Waals surface area contributed by atoms with Crippen LogP contribution < -0.4 is 0 Å². The molecule has 38 heavy (non-hydrogen) atoms. The standard InChI is InChI=1S/C29H28N6O3/c1-29(2,3)38-28(37)34-16-14-33(15-17-34)27(36)23-10-8-22(9-11-23)25-12-13-35-26(32-25)24(19-31-35)21-6-4-20(18-30)5-7-21/h4-13,19H,14-17H2,1-3H3. The third-order valence-electron chi connectivity index (χ3n) is 6.34. The van der Waals surface area contributed by atoms with Crippen LogP contribution in [-0.4, -0.2) is 68.2 Å². The van der Waals surface area contributed by atoms with E-state index in [1.54, 1.807) is 32.6 Å². The summed E-state index contributed by atoms with van der Waals surface area (Å²) < 4.78 is 7.15. The highest BCUT2D eigenvalue weighted by atomic mass is 16.6. The Hall–Kier alpha value is -4.71. The molecule has 0 bridgehead atoms. The third kappa shape index (κ3) is 5.20. The Kier molecular flexibility index (Phi) is 6.55. The molecule has 2 aromatic carbocycles. The van der Waals surface area contributed by atoms with Crippen molar-refractivity contribution in [3.63, 3.8) is 0 Å². The maximum atomic E-state index is 13.1. The van der Waals surface area contributed by atoms with Crippen LogP contribution in [0.2, 0.25) is 0 Å². The fourth-order valence-corrected chi connectivity index (χ4v) is 4.34. The van der Waals surface area contributed by atoms with Gasteiger partial charge in [0, 0.05) is 49.1 Å². The Labute approximate surface area is 220 Å². The van der Waals surface area contributed by atoms with Gasteiger partial charge in [0.05, 0.1) is 23.5 Å². The quantitative estimate of drug-likeness (QED) is 0.400. The van der Waals surface area contributed by atoms with Crippen molar-refractivity contribution < 1.29 is 14.3 Å². The zero-order valence-electron chi connectivity index (χ0n) is 21.6. The Balaban J connectivity index is 1.29. The van der Waals surface area contributed by atoms with E-state index in [2.05, 4.69) is 11.2 Å². The number of aromatic nitrogens is 3. The molecule has 4 aromatic rings. The molecule has 1 aliphatic rings. The molecule has 0 aliphatic carbocycles. The van der Waals surface area contributed by atoms with E-state index in [0.29, 0.717) is 43.0 Å². The lowest BCUT2D eigenvalue weighted by Crippen LogP contribution is -2.51. The molecule has 2 amide bonds. The summed E-state index contributed by atoms with van der Waals surface area (Å²) in [7, 11) is 0. The zero-order valence-corrected chi connectivity index (χ0v) is 21.6.